The molecule has 0 spiro atoms. The van der Waals surface area contributed by atoms with Crippen LogP contribution in [0.2, 0.25) is 0 Å². The lowest BCUT2D eigenvalue weighted by molar-refractivity contribution is 0.0690. The Hall–Kier alpha value is -2.31. The van der Waals surface area contributed by atoms with Crippen LogP contribution in [-0.2, 0) is 0 Å². The lowest BCUT2D eigenvalue weighted by atomic mass is 10.4. The molecule has 0 aliphatic rings. The van der Waals surface area contributed by atoms with E-state index in [0.29, 0.717) is 5.82 Å². The summed E-state index contributed by atoms with van der Waals surface area (Å²) in [5.41, 5.74) is -0.110. The molecule has 2 aromatic heterocycles. The van der Waals surface area contributed by atoms with Crippen LogP contribution < -0.4 is 0 Å². The van der Waals surface area contributed by atoms with Gasteiger partial charge in [0.15, 0.2) is 11.5 Å². The summed E-state index contributed by atoms with van der Waals surface area (Å²) in [6.07, 6.45) is 5.43. The van der Waals surface area contributed by atoms with Crippen LogP contribution in [0.4, 0.5) is 0 Å². The van der Waals surface area contributed by atoms with Gasteiger partial charge in [0, 0.05) is 0 Å². The predicted octanol–water partition coefficient (Wildman–Crippen LogP) is -0.245. The maximum Gasteiger partial charge on any atom is 0.356 e. The molecule has 0 saturated carbocycles. The Labute approximate surface area is 78.0 Å². The highest BCUT2D eigenvalue weighted by Gasteiger charge is 2.05. The van der Waals surface area contributed by atoms with Crippen molar-refractivity contribution in [1.29, 1.82) is 0 Å². The molecule has 0 fully saturated rings. The minimum Gasteiger partial charge on any atom is -0.476 e. The number of nitrogens with zero attached hydrogens (tertiary/aromatic N) is 5. The second-order valence-corrected chi connectivity index (χ2v) is 2.38. The second kappa shape index (κ2) is 3.21. The van der Waals surface area contributed by atoms with Crippen LogP contribution in [0.25, 0.3) is 5.82 Å². The molecule has 1 N–H and O–H groups in total. The van der Waals surface area contributed by atoms with Gasteiger partial charge < -0.3 is 5.11 Å². The van der Waals surface area contributed by atoms with Crippen molar-refractivity contribution in [1.82, 2.24) is 25.0 Å². The molecule has 0 aliphatic carbocycles. The molecule has 70 valence electrons. The lowest BCUT2D eigenvalue weighted by Crippen LogP contribution is -2.06. The molecule has 2 rings (SSSR count). The summed E-state index contributed by atoms with van der Waals surface area (Å²) >= 11 is 0. The second-order valence-electron chi connectivity index (χ2n) is 2.38. The number of aromatic carboxylic acids is 1. The van der Waals surface area contributed by atoms with Gasteiger partial charge in [0.2, 0.25) is 0 Å². The summed E-state index contributed by atoms with van der Waals surface area (Å²) in [4.78, 5) is 19.2. The van der Waals surface area contributed by atoms with Gasteiger partial charge in [-0.15, -0.1) is 4.80 Å². The van der Waals surface area contributed by atoms with Gasteiger partial charge in [0.1, 0.15) is 0 Å². The van der Waals surface area contributed by atoms with E-state index in [0.717, 1.165) is 6.20 Å². The van der Waals surface area contributed by atoms with E-state index in [1.165, 1.54) is 23.4 Å². The number of rotatable bonds is 2. The monoisotopic (exact) mass is 191 g/mol. The Bertz CT molecular complexity index is 436. The van der Waals surface area contributed by atoms with E-state index < -0.39 is 5.97 Å². The Balaban J connectivity index is 2.36. The van der Waals surface area contributed by atoms with Gasteiger partial charge in [-0.05, 0) is 0 Å². The molecule has 0 amide bonds. The van der Waals surface area contributed by atoms with Crippen molar-refractivity contribution in [2.24, 2.45) is 0 Å². The highest BCUT2D eigenvalue weighted by atomic mass is 16.4. The van der Waals surface area contributed by atoms with E-state index in [1.807, 2.05) is 0 Å². The van der Waals surface area contributed by atoms with Crippen molar-refractivity contribution >= 4 is 5.97 Å². The minimum atomic E-state index is -1.11. The van der Waals surface area contributed by atoms with E-state index >= 15 is 0 Å². The Morgan fingerprint density at radius 3 is 2.43 bits per heavy atom. The number of aromatic nitrogens is 5. The van der Waals surface area contributed by atoms with Crippen LogP contribution in [0, 0.1) is 0 Å². The minimum absolute atomic E-state index is 0.110. The Kier molecular flexibility index (Phi) is 1.90. The van der Waals surface area contributed by atoms with Crippen molar-refractivity contribution in [2.45, 2.75) is 0 Å². The molecule has 0 saturated heterocycles. The third-order valence-corrected chi connectivity index (χ3v) is 1.48. The standard InChI is InChI=1S/C7H5N5O2/c13-7(14)5-3-9-6(4-8-5)12-10-1-2-11-12/h1-4H,(H,13,14). The maximum atomic E-state index is 10.5. The Morgan fingerprint density at radius 2 is 1.93 bits per heavy atom. The number of hydrogen-bond donors (Lipinski definition) is 1. The first-order valence-electron chi connectivity index (χ1n) is 3.69. The average molecular weight is 191 g/mol. The lowest BCUT2D eigenvalue weighted by Gasteiger charge is -1.97. The first-order valence-corrected chi connectivity index (χ1v) is 3.69. The summed E-state index contributed by atoms with van der Waals surface area (Å²) in [6.45, 7) is 0. The molecule has 0 atom stereocenters. The number of carbonyl (C=O) groups is 1. The molecular formula is C7H5N5O2. The highest BCUT2D eigenvalue weighted by molar-refractivity contribution is 5.84. The van der Waals surface area contributed by atoms with Crippen molar-refractivity contribution in [3.05, 3.63) is 30.5 Å². The quantitative estimate of drug-likeness (QED) is 0.703. The predicted molar refractivity (Wildman–Crippen MR) is 43.9 cm³/mol. The first kappa shape index (κ1) is 8.30. The molecule has 0 unspecified atom stereocenters. The molecule has 14 heavy (non-hydrogen) atoms. The van der Waals surface area contributed by atoms with Gasteiger partial charge >= 0.3 is 5.97 Å². The zero-order valence-corrected chi connectivity index (χ0v) is 6.90. The first-order chi connectivity index (χ1) is 6.77. The van der Waals surface area contributed by atoms with Crippen LogP contribution in [0.5, 0.6) is 0 Å². The van der Waals surface area contributed by atoms with Gasteiger partial charge in [-0.3, -0.25) is 0 Å². The van der Waals surface area contributed by atoms with Gasteiger partial charge in [-0.2, -0.15) is 10.2 Å². The molecule has 0 bridgehead atoms. The van der Waals surface area contributed by atoms with Gasteiger partial charge in [0.25, 0.3) is 0 Å². The fraction of sp³-hybridized carbons (Fsp3) is 0. The summed E-state index contributed by atoms with van der Waals surface area (Å²) < 4.78 is 0. The third kappa shape index (κ3) is 1.42. The number of carboxylic acids is 1. The smallest absolute Gasteiger partial charge is 0.356 e. The van der Waals surface area contributed by atoms with Crippen molar-refractivity contribution in [3.8, 4) is 5.82 Å². The number of hydrogen-bond acceptors (Lipinski definition) is 5. The van der Waals surface area contributed by atoms with Crippen molar-refractivity contribution < 1.29 is 9.90 Å². The van der Waals surface area contributed by atoms with Gasteiger partial charge in [-0.1, -0.05) is 0 Å². The zero-order valence-electron chi connectivity index (χ0n) is 6.90. The molecule has 2 heterocycles. The van der Waals surface area contributed by atoms with E-state index in [9.17, 15) is 4.79 Å². The van der Waals surface area contributed by atoms with Crippen molar-refractivity contribution in [2.75, 3.05) is 0 Å². The van der Waals surface area contributed by atoms with Crippen LogP contribution in [0.3, 0.4) is 0 Å². The summed E-state index contributed by atoms with van der Waals surface area (Å²) in [6, 6.07) is 0. The molecular weight excluding hydrogens is 186 g/mol. The fourth-order valence-corrected chi connectivity index (χ4v) is 0.869. The van der Waals surface area contributed by atoms with Crippen LogP contribution in [0.15, 0.2) is 24.8 Å². The highest BCUT2D eigenvalue weighted by Crippen LogP contribution is 1.98. The van der Waals surface area contributed by atoms with E-state index in [4.69, 9.17) is 5.11 Å². The normalized spacial score (nSPS) is 10.0. The van der Waals surface area contributed by atoms with Crippen LogP contribution in [0.1, 0.15) is 10.5 Å². The molecule has 7 heteroatoms. The summed E-state index contributed by atoms with van der Waals surface area (Å²) in [7, 11) is 0. The molecule has 0 aliphatic heterocycles. The van der Waals surface area contributed by atoms with Gasteiger partial charge in [0.05, 0.1) is 24.8 Å². The fourth-order valence-electron chi connectivity index (χ4n) is 0.869. The van der Waals surface area contributed by atoms with E-state index in [2.05, 4.69) is 20.2 Å². The van der Waals surface area contributed by atoms with Crippen LogP contribution in [-0.4, -0.2) is 36.0 Å². The largest absolute Gasteiger partial charge is 0.476 e. The van der Waals surface area contributed by atoms with E-state index in [-0.39, 0.29) is 5.69 Å². The Morgan fingerprint density at radius 1 is 1.21 bits per heavy atom. The van der Waals surface area contributed by atoms with Gasteiger partial charge in [-0.25, -0.2) is 14.8 Å². The summed E-state index contributed by atoms with van der Waals surface area (Å²) in [5.74, 6) is -0.738. The molecule has 0 aromatic carbocycles. The SMILES string of the molecule is O=C(O)c1cnc(-n2nccn2)cn1. The van der Waals surface area contributed by atoms with Crippen molar-refractivity contribution in [3.63, 3.8) is 0 Å². The topological polar surface area (TPSA) is 93.8 Å². The average Bonchev–Trinajstić information content (AvgIpc) is 2.71. The van der Waals surface area contributed by atoms with Crippen LogP contribution >= 0.6 is 0 Å². The summed E-state index contributed by atoms with van der Waals surface area (Å²) in [5, 5.41) is 16.2. The zero-order chi connectivity index (χ0) is 9.97. The molecule has 2 aromatic rings. The maximum absolute atomic E-state index is 10.5. The molecule has 7 nitrogen and oxygen atoms in total. The third-order valence-electron chi connectivity index (χ3n) is 1.48. The molecule has 0 radical (unpaired) electrons. The number of carboxylic acid groups (broad SMARTS) is 1. The van der Waals surface area contributed by atoms with E-state index in [1.54, 1.807) is 0 Å².